The number of rotatable bonds is 7. The van der Waals surface area contributed by atoms with Crippen molar-refractivity contribution in [2.45, 2.75) is 19.4 Å². The van der Waals surface area contributed by atoms with Crippen LogP contribution in [0.5, 0.6) is 5.75 Å². The number of nitrogens with zero attached hydrogens (tertiary/aromatic N) is 1. The Morgan fingerprint density at radius 3 is 2.70 bits per heavy atom. The molecule has 6 heteroatoms. The summed E-state index contributed by atoms with van der Waals surface area (Å²) in [5.41, 5.74) is 0. The molecule has 2 aromatic rings. The second-order valence-corrected chi connectivity index (χ2v) is 5.09. The maximum absolute atomic E-state index is 12.8. The summed E-state index contributed by atoms with van der Waals surface area (Å²) in [6.07, 6.45) is 2.37. The number of furan rings is 1. The van der Waals surface area contributed by atoms with Crippen LogP contribution in [-0.2, 0) is 6.42 Å². The lowest BCUT2D eigenvalue weighted by Crippen LogP contribution is -2.42. The van der Waals surface area contributed by atoms with Crippen molar-refractivity contribution in [1.82, 2.24) is 10.6 Å². The zero-order valence-corrected chi connectivity index (χ0v) is 13.4. The monoisotopic (exact) mass is 319 g/mol. The molecule has 1 atom stereocenters. The molecule has 1 aromatic heterocycles. The first-order valence-electron chi connectivity index (χ1n) is 7.56. The van der Waals surface area contributed by atoms with Gasteiger partial charge in [0.25, 0.3) is 0 Å². The van der Waals surface area contributed by atoms with Crippen molar-refractivity contribution < 1.29 is 13.5 Å². The van der Waals surface area contributed by atoms with E-state index in [4.69, 9.17) is 9.15 Å². The molecule has 2 rings (SSSR count). The molecule has 1 aromatic carbocycles. The fraction of sp³-hybridized carbons (Fsp3) is 0.353. The van der Waals surface area contributed by atoms with E-state index in [0.29, 0.717) is 18.3 Å². The highest BCUT2D eigenvalue weighted by Gasteiger charge is 2.06. The molecule has 0 aliphatic carbocycles. The van der Waals surface area contributed by atoms with E-state index in [-0.39, 0.29) is 11.9 Å². The van der Waals surface area contributed by atoms with E-state index in [2.05, 4.69) is 15.6 Å². The molecule has 0 bridgehead atoms. The normalized spacial score (nSPS) is 12.7. The molecule has 0 amide bonds. The van der Waals surface area contributed by atoms with Crippen LogP contribution < -0.4 is 15.4 Å². The lowest BCUT2D eigenvalue weighted by molar-refractivity contribution is 0.223. The van der Waals surface area contributed by atoms with Gasteiger partial charge in [0.05, 0.1) is 12.8 Å². The van der Waals surface area contributed by atoms with Gasteiger partial charge in [0, 0.05) is 20.0 Å². The molecule has 1 unspecified atom stereocenters. The van der Waals surface area contributed by atoms with Gasteiger partial charge in [-0.1, -0.05) is 0 Å². The molecule has 124 valence electrons. The highest BCUT2D eigenvalue weighted by atomic mass is 19.1. The Kier molecular flexibility index (Phi) is 6.47. The molecule has 0 aliphatic rings. The SMILES string of the molecule is CN=C(NCCc1ccco1)NCC(C)Oc1ccc(F)cc1. The number of ether oxygens (including phenoxy) is 1. The number of halogens is 1. The number of nitrogens with one attached hydrogen (secondary N) is 2. The Balaban J connectivity index is 1.68. The van der Waals surface area contributed by atoms with Crippen molar-refractivity contribution >= 4 is 5.96 Å². The predicted molar refractivity (Wildman–Crippen MR) is 88.3 cm³/mol. The molecule has 2 N–H and O–H groups in total. The third-order valence-corrected chi connectivity index (χ3v) is 3.18. The van der Waals surface area contributed by atoms with Crippen molar-refractivity contribution in [3.05, 3.63) is 54.2 Å². The van der Waals surface area contributed by atoms with Crippen LogP contribution in [0, 0.1) is 5.82 Å². The maximum Gasteiger partial charge on any atom is 0.191 e. The second-order valence-electron chi connectivity index (χ2n) is 5.09. The van der Waals surface area contributed by atoms with Gasteiger partial charge in [0.15, 0.2) is 5.96 Å². The van der Waals surface area contributed by atoms with Crippen molar-refractivity contribution in [1.29, 1.82) is 0 Å². The third kappa shape index (κ3) is 6.02. The minimum atomic E-state index is -0.274. The fourth-order valence-electron chi connectivity index (χ4n) is 2.01. The van der Waals surface area contributed by atoms with Crippen molar-refractivity contribution in [2.24, 2.45) is 4.99 Å². The van der Waals surface area contributed by atoms with Gasteiger partial charge in [-0.2, -0.15) is 0 Å². The number of benzene rings is 1. The number of hydrogen-bond donors (Lipinski definition) is 2. The molecule has 0 radical (unpaired) electrons. The topological polar surface area (TPSA) is 58.8 Å². The highest BCUT2D eigenvalue weighted by molar-refractivity contribution is 5.79. The lowest BCUT2D eigenvalue weighted by atomic mass is 10.3. The Labute approximate surface area is 135 Å². The van der Waals surface area contributed by atoms with Gasteiger partial charge in [-0.05, 0) is 43.3 Å². The van der Waals surface area contributed by atoms with Crippen LogP contribution in [0.3, 0.4) is 0 Å². The van der Waals surface area contributed by atoms with Crippen LogP contribution >= 0.6 is 0 Å². The summed E-state index contributed by atoms with van der Waals surface area (Å²) in [6.45, 7) is 3.24. The average Bonchev–Trinajstić information content (AvgIpc) is 3.06. The van der Waals surface area contributed by atoms with Crippen LogP contribution in [-0.4, -0.2) is 32.2 Å². The largest absolute Gasteiger partial charge is 0.489 e. The van der Waals surface area contributed by atoms with Gasteiger partial charge in [0.1, 0.15) is 23.4 Å². The first kappa shape index (κ1) is 16.9. The van der Waals surface area contributed by atoms with Gasteiger partial charge < -0.3 is 19.8 Å². The Bertz CT molecular complexity index is 597. The van der Waals surface area contributed by atoms with E-state index in [1.165, 1.54) is 12.1 Å². The lowest BCUT2D eigenvalue weighted by Gasteiger charge is -2.17. The first-order chi connectivity index (χ1) is 11.2. The molecule has 0 saturated heterocycles. The number of guanidine groups is 1. The summed E-state index contributed by atoms with van der Waals surface area (Å²) in [4.78, 5) is 4.16. The number of aliphatic imine (C=N–C) groups is 1. The van der Waals surface area contributed by atoms with E-state index in [1.54, 1.807) is 25.4 Å². The smallest absolute Gasteiger partial charge is 0.191 e. The average molecular weight is 319 g/mol. The summed E-state index contributed by atoms with van der Waals surface area (Å²) >= 11 is 0. The summed E-state index contributed by atoms with van der Waals surface area (Å²) < 4.78 is 23.8. The zero-order chi connectivity index (χ0) is 16.5. The van der Waals surface area contributed by atoms with Gasteiger partial charge >= 0.3 is 0 Å². The summed E-state index contributed by atoms with van der Waals surface area (Å²) in [7, 11) is 1.72. The van der Waals surface area contributed by atoms with E-state index in [0.717, 1.165) is 18.7 Å². The molecule has 0 spiro atoms. The Hall–Kier alpha value is -2.50. The fourth-order valence-corrected chi connectivity index (χ4v) is 2.01. The van der Waals surface area contributed by atoms with Crippen molar-refractivity contribution in [3.8, 4) is 5.75 Å². The van der Waals surface area contributed by atoms with E-state index < -0.39 is 0 Å². The van der Waals surface area contributed by atoms with E-state index in [9.17, 15) is 4.39 Å². The van der Waals surface area contributed by atoms with Gasteiger partial charge in [-0.25, -0.2) is 4.39 Å². The van der Waals surface area contributed by atoms with Crippen molar-refractivity contribution in [2.75, 3.05) is 20.1 Å². The molecule has 23 heavy (non-hydrogen) atoms. The van der Waals surface area contributed by atoms with Crippen LogP contribution in [0.2, 0.25) is 0 Å². The molecule has 0 fully saturated rings. The summed E-state index contributed by atoms with van der Waals surface area (Å²) in [5, 5.41) is 6.40. The van der Waals surface area contributed by atoms with E-state index in [1.807, 2.05) is 19.1 Å². The van der Waals surface area contributed by atoms with E-state index >= 15 is 0 Å². The first-order valence-corrected chi connectivity index (χ1v) is 7.56. The molecule has 0 saturated carbocycles. The molecular formula is C17H22FN3O2. The standard InChI is InChI=1S/C17H22FN3O2/c1-13(23-16-7-5-14(18)6-8-16)12-21-17(19-2)20-10-9-15-4-3-11-22-15/h3-8,11,13H,9-10,12H2,1-2H3,(H2,19,20,21). The quantitative estimate of drug-likeness (QED) is 0.608. The maximum atomic E-state index is 12.8. The Morgan fingerprint density at radius 1 is 1.26 bits per heavy atom. The molecule has 0 aliphatic heterocycles. The zero-order valence-electron chi connectivity index (χ0n) is 13.4. The van der Waals surface area contributed by atoms with Gasteiger partial charge in [-0.3, -0.25) is 4.99 Å². The van der Waals surface area contributed by atoms with Crippen LogP contribution in [0.1, 0.15) is 12.7 Å². The summed E-state index contributed by atoms with van der Waals surface area (Å²) in [6, 6.07) is 9.80. The highest BCUT2D eigenvalue weighted by Crippen LogP contribution is 2.12. The molecule has 5 nitrogen and oxygen atoms in total. The minimum Gasteiger partial charge on any atom is -0.489 e. The van der Waals surface area contributed by atoms with Crippen LogP contribution in [0.25, 0.3) is 0 Å². The minimum absolute atomic E-state index is 0.0796. The predicted octanol–water partition coefficient (Wildman–Crippen LogP) is 2.59. The van der Waals surface area contributed by atoms with Gasteiger partial charge in [0.2, 0.25) is 0 Å². The van der Waals surface area contributed by atoms with Crippen molar-refractivity contribution in [3.63, 3.8) is 0 Å². The van der Waals surface area contributed by atoms with Crippen LogP contribution in [0.4, 0.5) is 4.39 Å². The van der Waals surface area contributed by atoms with Gasteiger partial charge in [-0.15, -0.1) is 0 Å². The second kappa shape index (κ2) is 8.82. The number of hydrogen-bond acceptors (Lipinski definition) is 3. The third-order valence-electron chi connectivity index (χ3n) is 3.18. The van der Waals surface area contributed by atoms with Crippen LogP contribution in [0.15, 0.2) is 52.1 Å². The molecular weight excluding hydrogens is 297 g/mol. The summed E-state index contributed by atoms with van der Waals surface area (Å²) in [5.74, 6) is 2.00. The molecule has 1 heterocycles. The Morgan fingerprint density at radius 2 is 2.04 bits per heavy atom.